The molecule has 2 aromatic rings. The number of carbonyl (C=O) groups is 1. The van der Waals surface area contributed by atoms with E-state index in [4.69, 9.17) is 4.74 Å². The smallest absolute Gasteiger partial charge is 0.257 e. The van der Waals surface area contributed by atoms with Crippen LogP contribution in [0.3, 0.4) is 0 Å². The number of aromatic nitrogens is 3. The number of hydrogen-bond acceptors (Lipinski definition) is 6. The Hall–Kier alpha value is -1.99. The van der Waals surface area contributed by atoms with Crippen molar-refractivity contribution in [3.63, 3.8) is 0 Å². The Labute approximate surface area is 145 Å². The van der Waals surface area contributed by atoms with Crippen LogP contribution in [0.1, 0.15) is 28.9 Å². The lowest BCUT2D eigenvalue weighted by molar-refractivity contribution is -0.00788. The van der Waals surface area contributed by atoms with Crippen LogP contribution in [0.2, 0.25) is 0 Å². The molecule has 24 heavy (non-hydrogen) atoms. The molecule has 6 nitrogen and oxygen atoms in total. The van der Waals surface area contributed by atoms with Crippen LogP contribution >= 0.6 is 11.8 Å². The minimum Gasteiger partial charge on any atom is -0.370 e. The first-order valence-electron chi connectivity index (χ1n) is 7.93. The van der Waals surface area contributed by atoms with Gasteiger partial charge in [-0.3, -0.25) is 9.78 Å². The van der Waals surface area contributed by atoms with Crippen molar-refractivity contribution in [1.29, 1.82) is 0 Å². The number of amides is 1. The first kappa shape index (κ1) is 16.9. The molecule has 1 atom stereocenters. The van der Waals surface area contributed by atoms with E-state index in [1.807, 2.05) is 29.4 Å². The zero-order valence-electron chi connectivity index (χ0n) is 13.6. The Balaban J connectivity index is 1.57. The summed E-state index contributed by atoms with van der Waals surface area (Å²) < 4.78 is 5.93. The van der Waals surface area contributed by atoms with E-state index in [0.717, 1.165) is 25.1 Å². The maximum absolute atomic E-state index is 12.6. The van der Waals surface area contributed by atoms with Gasteiger partial charge >= 0.3 is 0 Å². The summed E-state index contributed by atoms with van der Waals surface area (Å²) in [7, 11) is 0. The lowest BCUT2D eigenvalue weighted by Gasteiger charge is -2.32. The molecule has 3 heterocycles. The summed E-state index contributed by atoms with van der Waals surface area (Å²) in [5, 5.41) is 0.668. The molecule has 1 fully saturated rings. The fourth-order valence-electron chi connectivity index (χ4n) is 2.66. The Morgan fingerprint density at radius 2 is 2.17 bits per heavy atom. The van der Waals surface area contributed by atoms with Crippen LogP contribution in [0.25, 0.3) is 0 Å². The molecule has 3 rings (SSSR count). The maximum Gasteiger partial charge on any atom is 0.257 e. The van der Waals surface area contributed by atoms with Gasteiger partial charge in [-0.2, -0.15) is 0 Å². The van der Waals surface area contributed by atoms with Crippen molar-refractivity contribution in [3.05, 3.63) is 48.0 Å². The highest BCUT2D eigenvalue weighted by Crippen LogP contribution is 2.17. The highest BCUT2D eigenvalue weighted by molar-refractivity contribution is 7.98. The number of ether oxygens (including phenoxy) is 1. The second kappa shape index (κ2) is 8.21. The van der Waals surface area contributed by atoms with Gasteiger partial charge in [-0.05, 0) is 31.2 Å². The van der Waals surface area contributed by atoms with Crippen molar-refractivity contribution in [2.24, 2.45) is 0 Å². The Bertz CT molecular complexity index is 666. The van der Waals surface area contributed by atoms with Crippen LogP contribution in [0.5, 0.6) is 0 Å². The SMILES string of the molecule is CSc1ncc(C(=O)N2CCC[C@@H](OCc3ccccn3)C2)cn1. The van der Waals surface area contributed by atoms with Gasteiger partial charge in [0.15, 0.2) is 5.16 Å². The molecule has 1 amide bonds. The average molecular weight is 344 g/mol. The van der Waals surface area contributed by atoms with Crippen molar-refractivity contribution in [2.75, 3.05) is 19.3 Å². The van der Waals surface area contributed by atoms with Gasteiger partial charge in [-0.15, -0.1) is 0 Å². The Morgan fingerprint density at radius 3 is 2.88 bits per heavy atom. The molecule has 0 aromatic carbocycles. The quantitative estimate of drug-likeness (QED) is 0.613. The zero-order chi connectivity index (χ0) is 16.8. The van der Waals surface area contributed by atoms with Crippen molar-refractivity contribution in [3.8, 4) is 0 Å². The molecule has 0 spiro atoms. The molecule has 2 aromatic heterocycles. The van der Waals surface area contributed by atoms with Crippen LogP contribution < -0.4 is 0 Å². The van der Waals surface area contributed by atoms with Crippen LogP contribution in [-0.4, -0.2) is 51.2 Å². The van der Waals surface area contributed by atoms with E-state index in [1.165, 1.54) is 11.8 Å². The van der Waals surface area contributed by atoms with E-state index in [9.17, 15) is 4.79 Å². The molecule has 0 unspecified atom stereocenters. The number of nitrogens with zero attached hydrogens (tertiary/aromatic N) is 4. The van der Waals surface area contributed by atoms with Gasteiger partial charge in [0.25, 0.3) is 5.91 Å². The topological polar surface area (TPSA) is 68.2 Å². The Kier molecular flexibility index (Phi) is 5.77. The van der Waals surface area contributed by atoms with Gasteiger partial charge < -0.3 is 9.64 Å². The molecule has 0 bridgehead atoms. The predicted octanol–water partition coefficient (Wildman–Crippen LogP) is 2.41. The molecular formula is C17H20N4O2S. The number of hydrogen-bond donors (Lipinski definition) is 0. The van der Waals surface area contributed by atoms with Crippen LogP contribution in [0.15, 0.2) is 41.9 Å². The molecule has 7 heteroatoms. The monoisotopic (exact) mass is 344 g/mol. The zero-order valence-corrected chi connectivity index (χ0v) is 14.4. The van der Waals surface area contributed by atoms with E-state index >= 15 is 0 Å². The van der Waals surface area contributed by atoms with Crippen molar-refractivity contribution in [1.82, 2.24) is 19.9 Å². The number of carbonyl (C=O) groups excluding carboxylic acids is 1. The van der Waals surface area contributed by atoms with E-state index < -0.39 is 0 Å². The lowest BCUT2D eigenvalue weighted by Crippen LogP contribution is -2.43. The second-order valence-corrected chi connectivity index (χ2v) is 6.38. The van der Waals surface area contributed by atoms with Crippen molar-refractivity contribution >= 4 is 17.7 Å². The average Bonchev–Trinajstić information content (AvgIpc) is 2.67. The van der Waals surface area contributed by atoms with Gasteiger partial charge in [0.2, 0.25) is 0 Å². The normalized spacial score (nSPS) is 17.7. The molecule has 0 radical (unpaired) electrons. The third kappa shape index (κ3) is 4.30. The summed E-state index contributed by atoms with van der Waals surface area (Å²) in [6.07, 6.45) is 8.79. The number of pyridine rings is 1. The fraction of sp³-hybridized carbons (Fsp3) is 0.412. The number of thioether (sulfide) groups is 1. The maximum atomic E-state index is 12.6. The standard InChI is InChI=1S/C17H20N4O2S/c1-24-17-19-9-13(10-20-17)16(22)21-8-4-6-15(11-21)23-12-14-5-2-3-7-18-14/h2-3,5,7,9-10,15H,4,6,8,11-12H2,1H3/t15-/m1/s1. The first-order valence-corrected chi connectivity index (χ1v) is 9.15. The number of rotatable bonds is 5. The van der Waals surface area contributed by atoms with Crippen LogP contribution in [0.4, 0.5) is 0 Å². The predicted molar refractivity (Wildman–Crippen MR) is 91.8 cm³/mol. The summed E-state index contributed by atoms with van der Waals surface area (Å²) in [6, 6.07) is 5.77. The number of likely N-dealkylation sites (tertiary alicyclic amines) is 1. The summed E-state index contributed by atoms with van der Waals surface area (Å²) in [5.41, 5.74) is 1.43. The molecule has 0 saturated carbocycles. The highest BCUT2D eigenvalue weighted by atomic mass is 32.2. The van der Waals surface area contributed by atoms with Crippen molar-refractivity contribution in [2.45, 2.75) is 30.7 Å². The van der Waals surface area contributed by atoms with Gasteiger partial charge in [0.1, 0.15) is 0 Å². The molecule has 0 aliphatic carbocycles. The van der Waals surface area contributed by atoms with Crippen LogP contribution in [-0.2, 0) is 11.3 Å². The van der Waals surface area contributed by atoms with Gasteiger partial charge in [-0.25, -0.2) is 9.97 Å². The summed E-state index contributed by atoms with van der Waals surface area (Å²) in [5.74, 6) is -0.0335. The van der Waals surface area contributed by atoms with Gasteiger partial charge in [0, 0.05) is 31.7 Å². The van der Waals surface area contributed by atoms with E-state index in [0.29, 0.717) is 23.9 Å². The molecule has 1 aliphatic heterocycles. The minimum atomic E-state index is -0.0335. The third-order valence-corrected chi connectivity index (χ3v) is 4.49. The molecule has 126 valence electrons. The largest absolute Gasteiger partial charge is 0.370 e. The van der Waals surface area contributed by atoms with Crippen LogP contribution in [0, 0.1) is 0 Å². The van der Waals surface area contributed by atoms with Gasteiger partial charge in [-0.1, -0.05) is 17.8 Å². The first-order chi connectivity index (χ1) is 11.8. The summed E-state index contributed by atoms with van der Waals surface area (Å²) >= 11 is 1.46. The molecular weight excluding hydrogens is 324 g/mol. The molecule has 0 N–H and O–H groups in total. The molecule has 1 aliphatic rings. The molecule has 1 saturated heterocycles. The fourth-order valence-corrected chi connectivity index (χ4v) is 2.98. The third-order valence-electron chi connectivity index (χ3n) is 3.92. The summed E-state index contributed by atoms with van der Waals surface area (Å²) in [4.78, 5) is 27.0. The lowest BCUT2D eigenvalue weighted by atomic mass is 10.1. The minimum absolute atomic E-state index is 0.0335. The highest BCUT2D eigenvalue weighted by Gasteiger charge is 2.25. The van der Waals surface area contributed by atoms with E-state index in [-0.39, 0.29) is 12.0 Å². The van der Waals surface area contributed by atoms with E-state index in [1.54, 1.807) is 18.6 Å². The summed E-state index contributed by atoms with van der Waals surface area (Å²) in [6.45, 7) is 1.81. The Morgan fingerprint density at radius 1 is 1.33 bits per heavy atom. The van der Waals surface area contributed by atoms with Gasteiger partial charge in [0.05, 0.1) is 24.0 Å². The second-order valence-electron chi connectivity index (χ2n) is 5.61. The van der Waals surface area contributed by atoms with E-state index in [2.05, 4.69) is 15.0 Å². The number of piperidine rings is 1. The van der Waals surface area contributed by atoms with Crippen molar-refractivity contribution < 1.29 is 9.53 Å².